The predicted molar refractivity (Wildman–Crippen MR) is 119 cm³/mol. The molecule has 1 aromatic carbocycles. The monoisotopic (exact) mass is 480 g/mol. The lowest BCUT2D eigenvalue weighted by Crippen LogP contribution is -2.44. The molecule has 0 unspecified atom stereocenters. The lowest BCUT2D eigenvalue weighted by molar-refractivity contribution is -0.114. The maximum absolute atomic E-state index is 11.1. The molecule has 0 aliphatic carbocycles. The van der Waals surface area contributed by atoms with Gasteiger partial charge in [-0.25, -0.2) is 0 Å². The van der Waals surface area contributed by atoms with Gasteiger partial charge in [0.15, 0.2) is 5.96 Å². The first kappa shape index (κ1) is 23.8. The highest BCUT2D eigenvalue weighted by atomic mass is 127. The van der Waals surface area contributed by atoms with Crippen LogP contribution in [0.5, 0.6) is 5.75 Å². The normalized spacial score (nSPS) is 11.3. The number of ether oxygens (including phenoxy) is 1. The summed E-state index contributed by atoms with van der Waals surface area (Å²) >= 11 is 1.81. The first-order valence-corrected chi connectivity index (χ1v) is 9.09. The van der Waals surface area contributed by atoms with Crippen molar-refractivity contribution >= 4 is 53.3 Å². The molecular formula is C17H29IN4O2S. The zero-order valence-corrected chi connectivity index (χ0v) is 18.7. The standard InChI is InChI=1S/C17H28N4O2S.HI/c1-13(22)21-14-7-6-8-15(11-14)23-10-9-19-16(18-4)20-12-17(2,3)24-5;/h6-8,11H,9-10,12H2,1-5H3,(H,21,22)(H2,18,19,20);1H. The van der Waals surface area contributed by atoms with Crippen LogP contribution in [0, 0.1) is 0 Å². The average Bonchev–Trinajstić information content (AvgIpc) is 2.54. The maximum atomic E-state index is 11.1. The number of nitrogens with one attached hydrogen (secondary N) is 3. The van der Waals surface area contributed by atoms with Crippen molar-refractivity contribution in [3.05, 3.63) is 24.3 Å². The topological polar surface area (TPSA) is 74.8 Å². The Bertz CT molecular complexity index is 567. The van der Waals surface area contributed by atoms with Crippen LogP contribution < -0.4 is 20.7 Å². The number of anilines is 1. The highest BCUT2D eigenvalue weighted by Gasteiger charge is 2.15. The number of thioether (sulfide) groups is 1. The van der Waals surface area contributed by atoms with E-state index in [0.29, 0.717) is 13.2 Å². The van der Waals surface area contributed by atoms with Crippen molar-refractivity contribution < 1.29 is 9.53 Å². The van der Waals surface area contributed by atoms with Gasteiger partial charge in [0.1, 0.15) is 12.4 Å². The van der Waals surface area contributed by atoms with Gasteiger partial charge in [-0.15, -0.1) is 24.0 Å². The first-order valence-electron chi connectivity index (χ1n) is 7.86. The molecule has 0 bridgehead atoms. The van der Waals surface area contributed by atoms with Crippen molar-refractivity contribution in [2.75, 3.05) is 38.3 Å². The molecule has 0 atom stereocenters. The number of halogens is 1. The molecule has 1 amide bonds. The fraction of sp³-hybridized carbons (Fsp3) is 0.529. The molecule has 25 heavy (non-hydrogen) atoms. The van der Waals surface area contributed by atoms with Crippen molar-refractivity contribution in [2.45, 2.75) is 25.5 Å². The minimum absolute atomic E-state index is 0. The van der Waals surface area contributed by atoms with Crippen LogP contribution in [0.25, 0.3) is 0 Å². The van der Waals surface area contributed by atoms with Crippen LogP contribution in [0.1, 0.15) is 20.8 Å². The first-order chi connectivity index (χ1) is 11.4. The molecule has 0 aromatic heterocycles. The van der Waals surface area contributed by atoms with E-state index in [1.54, 1.807) is 13.1 Å². The zero-order chi connectivity index (χ0) is 18.0. The van der Waals surface area contributed by atoms with Crippen molar-refractivity contribution in [1.82, 2.24) is 10.6 Å². The van der Waals surface area contributed by atoms with Gasteiger partial charge in [-0.3, -0.25) is 9.79 Å². The van der Waals surface area contributed by atoms with Gasteiger partial charge in [0, 0.05) is 37.0 Å². The molecule has 142 valence electrons. The van der Waals surface area contributed by atoms with E-state index in [-0.39, 0.29) is 34.6 Å². The van der Waals surface area contributed by atoms with Crippen molar-refractivity contribution in [3.63, 3.8) is 0 Å². The van der Waals surface area contributed by atoms with Gasteiger partial charge in [-0.05, 0) is 32.2 Å². The van der Waals surface area contributed by atoms with Gasteiger partial charge in [0.25, 0.3) is 0 Å². The third-order valence-corrected chi connectivity index (χ3v) is 4.52. The van der Waals surface area contributed by atoms with E-state index in [1.165, 1.54) is 6.92 Å². The smallest absolute Gasteiger partial charge is 0.221 e. The SMILES string of the molecule is CN=C(NCCOc1cccc(NC(C)=O)c1)NCC(C)(C)SC.I. The lowest BCUT2D eigenvalue weighted by Gasteiger charge is -2.23. The molecular weight excluding hydrogens is 451 g/mol. The van der Waals surface area contributed by atoms with E-state index >= 15 is 0 Å². The highest BCUT2D eigenvalue weighted by molar-refractivity contribution is 14.0. The summed E-state index contributed by atoms with van der Waals surface area (Å²) in [6, 6.07) is 7.33. The molecule has 1 rings (SSSR count). The molecule has 0 saturated carbocycles. The summed E-state index contributed by atoms with van der Waals surface area (Å²) in [6.45, 7) is 7.80. The fourth-order valence-corrected chi connectivity index (χ4v) is 2.01. The number of carbonyl (C=O) groups excluding carboxylic acids is 1. The van der Waals surface area contributed by atoms with Crippen molar-refractivity contribution in [3.8, 4) is 5.75 Å². The highest BCUT2D eigenvalue weighted by Crippen LogP contribution is 2.19. The Morgan fingerprint density at radius 2 is 2.04 bits per heavy atom. The number of hydrogen-bond acceptors (Lipinski definition) is 4. The van der Waals surface area contributed by atoms with E-state index in [2.05, 4.69) is 41.0 Å². The van der Waals surface area contributed by atoms with Crippen LogP contribution >= 0.6 is 35.7 Å². The van der Waals surface area contributed by atoms with Gasteiger partial charge >= 0.3 is 0 Å². The molecule has 0 aliphatic heterocycles. The predicted octanol–water partition coefficient (Wildman–Crippen LogP) is 2.95. The molecule has 1 aromatic rings. The Morgan fingerprint density at radius 1 is 1.32 bits per heavy atom. The quantitative estimate of drug-likeness (QED) is 0.231. The number of aliphatic imine (C=N–C) groups is 1. The van der Waals surface area contributed by atoms with Gasteiger partial charge in [-0.1, -0.05) is 6.07 Å². The molecule has 0 radical (unpaired) electrons. The van der Waals surface area contributed by atoms with E-state index in [9.17, 15) is 4.79 Å². The molecule has 0 spiro atoms. The number of benzene rings is 1. The van der Waals surface area contributed by atoms with Crippen LogP contribution in [-0.4, -0.2) is 49.6 Å². The molecule has 0 aliphatic rings. The number of rotatable bonds is 8. The van der Waals surface area contributed by atoms with Gasteiger partial charge in [0.05, 0.1) is 6.54 Å². The third kappa shape index (κ3) is 10.4. The summed E-state index contributed by atoms with van der Waals surface area (Å²) < 4.78 is 5.84. The largest absolute Gasteiger partial charge is 0.492 e. The van der Waals surface area contributed by atoms with Gasteiger partial charge < -0.3 is 20.7 Å². The van der Waals surface area contributed by atoms with Crippen molar-refractivity contribution in [1.29, 1.82) is 0 Å². The summed E-state index contributed by atoms with van der Waals surface area (Å²) in [6.07, 6.45) is 2.10. The fourth-order valence-electron chi connectivity index (χ4n) is 1.79. The molecule has 6 nitrogen and oxygen atoms in total. The maximum Gasteiger partial charge on any atom is 0.221 e. The van der Waals surface area contributed by atoms with Crippen LogP contribution in [0.2, 0.25) is 0 Å². The van der Waals surface area contributed by atoms with Crippen LogP contribution in [0.3, 0.4) is 0 Å². The Morgan fingerprint density at radius 3 is 2.64 bits per heavy atom. The third-order valence-electron chi connectivity index (χ3n) is 3.28. The Hall–Kier alpha value is -1.16. The lowest BCUT2D eigenvalue weighted by atomic mass is 10.2. The second-order valence-electron chi connectivity index (χ2n) is 5.87. The second-order valence-corrected chi connectivity index (χ2v) is 7.39. The number of carbonyl (C=O) groups is 1. The van der Waals surface area contributed by atoms with Crippen molar-refractivity contribution in [2.24, 2.45) is 4.99 Å². The summed E-state index contributed by atoms with van der Waals surface area (Å²) in [4.78, 5) is 15.3. The van der Waals surface area contributed by atoms with Crippen LogP contribution in [0.15, 0.2) is 29.3 Å². The minimum Gasteiger partial charge on any atom is -0.492 e. The Labute approximate surface area is 172 Å². The molecule has 0 heterocycles. The summed E-state index contributed by atoms with van der Waals surface area (Å²) in [7, 11) is 1.75. The Kier molecular flexibility index (Phi) is 11.7. The molecule has 0 fully saturated rings. The van der Waals surface area contributed by atoms with E-state index in [1.807, 2.05) is 30.0 Å². The number of nitrogens with zero attached hydrogens (tertiary/aromatic N) is 1. The average molecular weight is 480 g/mol. The molecule has 3 N–H and O–H groups in total. The second kappa shape index (κ2) is 12.2. The zero-order valence-electron chi connectivity index (χ0n) is 15.5. The Balaban J connectivity index is 0.00000576. The number of guanidine groups is 1. The number of hydrogen-bond donors (Lipinski definition) is 3. The summed E-state index contributed by atoms with van der Waals surface area (Å²) in [5, 5.41) is 9.26. The molecule has 8 heteroatoms. The van der Waals surface area contributed by atoms with E-state index in [4.69, 9.17) is 4.74 Å². The van der Waals surface area contributed by atoms with Crippen LogP contribution in [-0.2, 0) is 4.79 Å². The van der Waals surface area contributed by atoms with Gasteiger partial charge in [-0.2, -0.15) is 11.8 Å². The van der Waals surface area contributed by atoms with E-state index in [0.717, 1.165) is 23.9 Å². The summed E-state index contributed by atoms with van der Waals surface area (Å²) in [5.74, 6) is 1.37. The number of amides is 1. The minimum atomic E-state index is -0.100. The summed E-state index contributed by atoms with van der Waals surface area (Å²) in [5.41, 5.74) is 0.727. The van der Waals surface area contributed by atoms with Gasteiger partial charge in [0.2, 0.25) is 5.91 Å². The van der Waals surface area contributed by atoms with E-state index < -0.39 is 0 Å². The van der Waals surface area contributed by atoms with Crippen LogP contribution in [0.4, 0.5) is 5.69 Å². The molecule has 0 saturated heterocycles.